The zero-order valence-corrected chi connectivity index (χ0v) is 20.8. The lowest BCUT2D eigenvalue weighted by Crippen LogP contribution is -2.32. The van der Waals surface area contributed by atoms with Crippen molar-refractivity contribution in [3.63, 3.8) is 0 Å². The van der Waals surface area contributed by atoms with Gasteiger partial charge in [0.05, 0.1) is 5.69 Å². The van der Waals surface area contributed by atoms with Gasteiger partial charge in [0.15, 0.2) is 11.3 Å². The van der Waals surface area contributed by atoms with Crippen LogP contribution in [0.3, 0.4) is 0 Å². The standard InChI is InChI=1S/C32H29N3O2/c1-2-8-24(9-3-1)35(25-18-14-22(15-19-25)31-33-27-10-4-6-12-29(27)36-31)26-20-16-23(17-21-26)32-34-28-11-5-7-13-30(28)37-32/h4,6-7,10,12-21,24H,1-3,5,8-9,11H2. The SMILES string of the molecule is C1=Cc2oc(-c3ccc(N(c4ccc(-c5nc6ccccc6o5)cc4)C4CCCCC4)cc3)nc2CC1. The van der Waals surface area contributed by atoms with Crippen LogP contribution < -0.4 is 4.90 Å². The first kappa shape index (κ1) is 22.1. The van der Waals surface area contributed by atoms with Crippen molar-refractivity contribution >= 4 is 28.6 Å². The van der Waals surface area contributed by atoms with Gasteiger partial charge >= 0.3 is 0 Å². The molecule has 2 aliphatic carbocycles. The minimum atomic E-state index is 0.481. The summed E-state index contributed by atoms with van der Waals surface area (Å²) in [6.45, 7) is 0. The van der Waals surface area contributed by atoms with Crippen LogP contribution in [0.15, 0.2) is 87.7 Å². The largest absolute Gasteiger partial charge is 0.436 e. The van der Waals surface area contributed by atoms with Crippen LogP contribution in [0.1, 0.15) is 50.0 Å². The minimum absolute atomic E-state index is 0.481. The monoisotopic (exact) mass is 487 g/mol. The molecule has 0 amide bonds. The fourth-order valence-corrected chi connectivity index (χ4v) is 5.64. The average molecular weight is 488 g/mol. The molecule has 0 atom stereocenters. The van der Waals surface area contributed by atoms with Gasteiger partial charge in [-0.15, -0.1) is 0 Å². The van der Waals surface area contributed by atoms with E-state index < -0.39 is 0 Å². The molecular weight excluding hydrogens is 458 g/mol. The van der Waals surface area contributed by atoms with Gasteiger partial charge in [-0.2, -0.15) is 0 Å². The number of fused-ring (bicyclic) bond motifs is 2. The summed E-state index contributed by atoms with van der Waals surface area (Å²) in [5.74, 6) is 2.26. The number of aryl methyl sites for hydroxylation is 1. The van der Waals surface area contributed by atoms with E-state index in [-0.39, 0.29) is 0 Å². The van der Waals surface area contributed by atoms with Crippen molar-refractivity contribution in [2.45, 2.75) is 51.0 Å². The number of benzene rings is 3. The first-order valence-corrected chi connectivity index (χ1v) is 13.3. The van der Waals surface area contributed by atoms with E-state index in [4.69, 9.17) is 13.8 Å². The van der Waals surface area contributed by atoms with Crippen LogP contribution in [0.5, 0.6) is 0 Å². The van der Waals surface area contributed by atoms with Crippen molar-refractivity contribution < 1.29 is 8.83 Å². The van der Waals surface area contributed by atoms with Crippen molar-refractivity contribution in [2.24, 2.45) is 0 Å². The number of allylic oxidation sites excluding steroid dienone is 1. The lowest BCUT2D eigenvalue weighted by Gasteiger charge is -2.36. The molecule has 0 radical (unpaired) electrons. The number of nitrogens with zero attached hydrogens (tertiary/aromatic N) is 3. The summed E-state index contributed by atoms with van der Waals surface area (Å²) in [5, 5.41) is 0. The van der Waals surface area contributed by atoms with Gasteiger partial charge in [-0.05, 0) is 92.4 Å². The third-order valence-electron chi connectivity index (χ3n) is 7.56. The Morgan fingerprint density at radius 3 is 2.05 bits per heavy atom. The fraction of sp³-hybridized carbons (Fsp3) is 0.250. The number of hydrogen-bond donors (Lipinski definition) is 0. The Labute approximate surface area is 216 Å². The van der Waals surface area contributed by atoms with Crippen LogP contribution in [0.4, 0.5) is 11.4 Å². The predicted molar refractivity (Wildman–Crippen MR) is 148 cm³/mol. The molecule has 0 aliphatic heterocycles. The first-order valence-electron chi connectivity index (χ1n) is 13.3. The molecule has 0 spiro atoms. The third kappa shape index (κ3) is 4.25. The topological polar surface area (TPSA) is 55.3 Å². The number of hydrogen-bond acceptors (Lipinski definition) is 5. The van der Waals surface area contributed by atoms with Gasteiger partial charge in [0.1, 0.15) is 5.52 Å². The highest BCUT2D eigenvalue weighted by Crippen LogP contribution is 2.37. The number of oxazole rings is 2. The molecule has 2 aliphatic rings. The van der Waals surface area contributed by atoms with E-state index in [1.54, 1.807) is 0 Å². The molecule has 2 aromatic heterocycles. The molecule has 0 bridgehead atoms. The highest BCUT2D eigenvalue weighted by atomic mass is 16.4. The van der Waals surface area contributed by atoms with Crippen molar-refractivity contribution in [3.8, 4) is 22.9 Å². The Bertz CT molecular complexity index is 1520. The molecule has 1 saturated carbocycles. The molecule has 0 N–H and O–H groups in total. The smallest absolute Gasteiger partial charge is 0.227 e. The Morgan fingerprint density at radius 1 is 0.703 bits per heavy atom. The normalized spacial score (nSPS) is 15.7. The van der Waals surface area contributed by atoms with E-state index in [0.717, 1.165) is 46.5 Å². The van der Waals surface area contributed by atoms with Gasteiger partial charge in [0, 0.05) is 28.5 Å². The van der Waals surface area contributed by atoms with E-state index in [9.17, 15) is 0 Å². The third-order valence-corrected chi connectivity index (χ3v) is 7.56. The molecule has 37 heavy (non-hydrogen) atoms. The first-order chi connectivity index (χ1) is 18.3. The molecule has 3 aromatic carbocycles. The maximum Gasteiger partial charge on any atom is 0.227 e. The highest BCUT2D eigenvalue weighted by molar-refractivity contribution is 5.77. The van der Waals surface area contributed by atoms with Gasteiger partial charge in [0.2, 0.25) is 11.8 Å². The van der Waals surface area contributed by atoms with Crippen molar-refractivity contribution in [1.29, 1.82) is 0 Å². The lowest BCUT2D eigenvalue weighted by atomic mass is 9.93. The Balaban J connectivity index is 1.20. The van der Waals surface area contributed by atoms with Gasteiger partial charge in [-0.1, -0.05) is 37.5 Å². The Hall–Kier alpha value is -4.12. The zero-order chi connectivity index (χ0) is 24.6. The molecule has 5 heteroatoms. The van der Waals surface area contributed by atoms with Gasteiger partial charge in [-0.3, -0.25) is 0 Å². The second-order valence-electron chi connectivity index (χ2n) is 10.0. The number of rotatable bonds is 5. The number of aromatic nitrogens is 2. The van der Waals surface area contributed by atoms with Crippen LogP contribution >= 0.6 is 0 Å². The minimum Gasteiger partial charge on any atom is -0.436 e. The van der Waals surface area contributed by atoms with Crippen LogP contribution in [-0.2, 0) is 6.42 Å². The fourth-order valence-electron chi connectivity index (χ4n) is 5.64. The van der Waals surface area contributed by atoms with Gasteiger partial charge in [-0.25, -0.2) is 9.97 Å². The summed E-state index contributed by atoms with van der Waals surface area (Å²) in [4.78, 5) is 11.9. The summed E-state index contributed by atoms with van der Waals surface area (Å²) in [7, 11) is 0. The highest BCUT2D eigenvalue weighted by Gasteiger charge is 2.24. The van der Waals surface area contributed by atoms with Crippen molar-refractivity contribution in [3.05, 3.63) is 90.3 Å². The van der Waals surface area contributed by atoms with E-state index in [1.807, 2.05) is 30.3 Å². The Kier molecular flexibility index (Phi) is 5.61. The summed E-state index contributed by atoms with van der Waals surface area (Å²) in [6, 6.07) is 25.7. The predicted octanol–water partition coefficient (Wildman–Crippen LogP) is 8.58. The summed E-state index contributed by atoms with van der Waals surface area (Å²) in [5.41, 5.74) is 7.14. The molecule has 2 heterocycles. The molecule has 0 unspecified atom stereocenters. The van der Waals surface area contributed by atoms with Crippen molar-refractivity contribution in [1.82, 2.24) is 9.97 Å². The Morgan fingerprint density at radius 2 is 1.38 bits per heavy atom. The molecule has 1 fully saturated rings. The molecule has 5 aromatic rings. The zero-order valence-electron chi connectivity index (χ0n) is 20.8. The van der Waals surface area contributed by atoms with E-state index in [1.165, 1.54) is 43.5 Å². The van der Waals surface area contributed by atoms with Gasteiger partial charge < -0.3 is 13.7 Å². The molecular formula is C32H29N3O2. The molecule has 0 saturated heterocycles. The molecule has 184 valence electrons. The quantitative estimate of drug-likeness (QED) is 0.248. The second kappa shape index (κ2) is 9.40. The van der Waals surface area contributed by atoms with E-state index in [0.29, 0.717) is 17.8 Å². The van der Waals surface area contributed by atoms with Crippen molar-refractivity contribution in [2.75, 3.05) is 4.90 Å². The maximum atomic E-state index is 6.04. The van der Waals surface area contributed by atoms with E-state index in [2.05, 4.69) is 64.5 Å². The summed E-state index contributed by atoms with van der Waals surface area (Å²) >= 11 is 0. The lowest BCUT2D eigenvalue weighted by molar-refractivity contribution is 0.436. The van der Waals surface area contributed by atoms with Crippen LogP contribution in [0.25, 0.3) is 40.1 Å². The average Bonchev–Trinajstić information content (AvgIpc) is 3.59. The molecule has 5 nitrogen and oxygen atoms in total. The number of para-hydroxylation sites is 2. The van der Waals surface area contributed by atoms with Crippen LogP contribution in [0, 0.1) is 0 Å². The van der Waals surface area contributed by atoms with Crippen LogP contribution in [-0.4, -0.2) is 16.0 Å². The van der Waals surface area contributed by atoms with Crippen LogP contribution in [0.2, 0.25) is 0 Å². The number of anilines is 2. The molecule has 7 rings (SSSR count). The summed E-state index contributed by atoms with van der Waals surface area (Å²) in [6.07, 6.45) is 12.4. The second-order valence-corrected chi connectivity index (χ2v) is 10.0. The summed E-state index contributed by atoms with van der Waals surface area (Å²) < 4.78 is 12.0. The maximum absolute atomic E-state index is 6.04. The van der Waals surface area contributed by atoms with E-state index >= 15 is 0 Å². The van der Waals surface area contributed by atoms with Gasteiger partial charge in [0.25, 0.3) is 0 Å².